The van der Waals surface area contributed by atoms with Crippen LogP contribution in [0.1, 0.15) is 32.3 Å². The van der Waals surface area contributed by atoms with Gasteiger partial charge in [0.1, 0.15) is 12.1 Å². The lowest BCUT2D eigenvalue weighted by molar-refractivity contribution is -0.122. The van der Waals surface area contributed by atoms with E-state index < -0.39 is 0 Å². The van der Waals surface area contributed by atoms with Crippen LogP contribution in [0.2, 0.25) is 0 Å². The lowest BCUT2D eigenvalue weighted by Gasteiger charge is -2.14. The number of fused-ring (bicyclic) bond motifs is 3. The minimum atomic E-state index is -0.228. The molecule has 2 heterocycles. The first-order valence-corrected chi connectivity index (χ1v) is 10.9. The number of aromatic nitrogens is 3. The predicted octanol–water partition coefficient (Wildman–Crippen LogP) is 3.90. The van der Waals surface area contributed by atoms with E-state index in [-0.39, 0.29) is 24.1 Å². The van der Waals surface area contributed by atoms with Crippen LogP contribution in [0, 0.1) is 0 Å². The minimum absolute atomic E-state index is 0.0127. The Morgan fingerprint density at radius 2 is 1.81 bits per heavy atom. The van der Waals surface area contributed by atoms with Gasteiger partial charge in [-0.1, -0.05) is 55.5 Å². The Kier molecular flexibility index (Phi) is 6.16. The summed E-state index contributed by atoms with van der Waals surface area (Å²) < 4.78 is 3.32. The molecule has 0 saturated heterocycles. The molecule has 0 spiro atoms. The SMILES string of the molecule is CCCn1c2ccccc2c2cnn(CC(=O)NC(C)CCc3ccccc3)c(=O)c21. The van der Waals surface area contributed by atoms with Crippen LogP contribution >= 0.6 is 0 Å². The molecular weight excluding hydrogens is 388 g/mol. The average molecular weight is 417 g/mol. The van der Waals surface area contributed by atoms with E-state index in [1.54, 1.807) is 6.20 Å². The smallest absolute Gasteiger partial charge is 0.291 e. The van der Waals surface area contributed by atoms with Gasteiger partial charge >= 0.3 is 0 Å². The number of carbonyl (C=O) groups excluding carboxylic acids is 1. The number of nitrogens with zero attached hydrogens (tertiary/aromatic N) is 3. The second-order valence-electron chi connectivity index (χ2n) is 8.03. The number of hydrogen-bond acceptors (Lipinski definition) is 3. The summed E-state index contributed by atoms with van der Waals surface area (Å²) in [6.07, 6.45) is 4.34. The van der Waals surface area contributed by atoms with Crippen LogP contribution in [0.3, 0.4) is 0 Å². The highest BCUT2D eigenvalue weighted by molar-refractivity contribution is 6.07. The van der Waals surface area contributed by atoms with Crippen molar-refractivity contribution < 1.29 is 4.79 Å². The Balaban J connectivity index is 1.52. The van der Waals surface area contributed by atoms with Crippen LogP contribution in [-0.4, -0.2) is 26.3 Å². The summed E-state index contributed by atoms with van der Waals surface area (Å²) in [5.41, 5.74) is 2.66. The topological polar surface area (TPSA) is 68.9 Å². The third-order valence-electron chi connectivity index (χ3n) is 5.63. The van der Waals surface area contributed by atoms with Crippen molar-refractivity contribution in [3.63, 3.8) is 0 Å². The van der Waals surface area contributed by atoms with E-state index >= 15 is 0 Å². The summed E-state index contributed by atoms with van der Waals surface area (Å²) in [6.45, 7) is 4.73. The van der Waals surface area contributed by atoms with Crippen LogP contribution in [0.25, 0.3) is 21.8 Å². The number of nitrogens with one attached hydrogen (secondary N) is 1. The van der Waals surface area contributed by atoms with Crippen molar-refractivity contribution >= 4 is 27.7 Å². The standard InChI is InChI=1S/C25H28N4O2/c1-3-15-28-22-12-8-7-11-20(22)21-16-26-29(25(31)24(21)28)17-23(30)27-18(2)13-14-19-9-5-4-6-10-19/h4-12,16,18H,3,13-15,17H2,1-2H3,(H,27,30). The molecule has 0 bridgehead atoms. The van der Waals surface area contributed by atoms with Crippen LogP contribution in [-0.2, 0) is 24.3 Å². The quantitative estimate of drug-likeness (QED) is 0.474. The molecule has 2 aromatic heterocycles. The molecular formula is C25H28N4O2. The first-order valence-electron chi connectivity index (χ1n) is 10.9. The molecule has 0 radical (unpaired) electrons. The maximum absolute atomic E-state index is 13.2. The molecule has 4 aromatic rings. The summed E-state index contributed by atoms with van der Waals surface area (Å²) in [4.78, 5) is 25.8. The van der Waals surface area contributed by atoms with Gasteiger partial charge in [0.05, 0.1) is 6.20 Å². The zero-order valence-electron chi connectivity index (χ0n) is 18.0. The maximum Gasteiger partial charge on any atom is 0.291 e. The Morgan fingerprint density at radius 1 is 1.06 bits per heavy atom. The number of aryl methyl sites for hydroxylation is 2. The van der Waals surface area contributed by atoms with E-state index in [0.717, 1.165) is 42.1 Å². The Morgan fingerprint density at radius 3 is 2.58 bits per heavy atom. The van der Waals surface area contributed by atoms with Crippen molar-refractivity contribution in [1.82, 2.24) is 19.7 Å². The third kappa shape index (κ3) is 4.38. The highest BCUT2D eigenvalue weighted by Gasteiger charge is 2.17. The van der Waals surface area contributed by atoms with E-state index in [1.165, 1.54) is 10.2 Å². The van der Waals surface area contributed by atoms with Gasteiger partial charge in [-0.2, -0.15) is 5.10 Å². The zero-order chi connectivity index (χ0) is 21.8. The fraction of sp³-hybridized carbons (Fsp3) is 0.320. The molecule has 4 rings (SSSR count). The molecule has 0 saturated carbocycles. The van der Waals surface area contributed by atoms with Crippen LogP contribution in [0.15, 0.2) is 65.6 Å². The zero-order valence-corrected chi connectivity index (χ0v) is 18.0. The first-order chi connectivity index (χ1) is 15.1. The van der Waals surface area contributed by atoms with Gasteiger partial charge in [-0.05, 0) is 37.8 Å². The summed E-state index contributed by atoms with van der Waals surface area (Å²) in [6, 6.07) is 18.2. The fourth-order valence-electron chi connectivity index (χ4n) is 4.12. The number of carbonyl (C=O) groups is 1. The lowest BCUT2D eigenvalue weighted by Crippen LogP contribution is -2.38. The second-order valence-corrected chi connectivity index (χ2v) is 8.03. The molecule has 160 valence electrons. The number of benzene rings is 2. The van der Waals surface area contributed by atoms with Crippen molar-refractivity contribution in [1.29, 1.82) is 0 Å². The van der Waals surface area contributed by atoms with E-state index in [0.29, 0.717) is 5.52 Å². The van der Waals surface area contributed by atoms with Crippen LogP contribution in [0.5, 0.6) is 0 Å². The van der Waals surface area contributed by atoms with E-state index in [2.05, 4.69) is 29.5 Å². The monoisotopic (exact) mass is 416 g/mol. The molecule has 0 aliphatic carbocycles. The molecule has 1 atom stereocenters. The highest BCUT2D eigenvalue weighted by atomic mass is 16.2. The molecule has 2 aromatic carbocycles. The van der Waals surface area contributed by atoms with Gasteiger partial charge in [0, 0.05) is 28.9 Å². The summed E-state index contributed by atoms with van der Waals surface area (Å²) >= 11 is 0. The first kappa shape index (κ1) is 20.8. The highest BCUT2D eigenvalue weighted by Crippen LogP contribution is 2.26. The molecule has 1 unspecified atom stereocenters. The van der Waals surface area contributed by atoms with Crippen molar-refractivity contribution in [3.8, 4) is 0 Å². The van der Waals surface area contributed by atoms with Crippen molar-refractivity contribution in [2.45, 2.75) is 52.2 Å². The number of hydrogen-bond donors (Lipinski definition) is 1. The molecule has 6 heteroatoms. The average Bonchev–Trinajstić information content (AvgIpc) is 3.10. The van der Waals surface area contributed by atoms with Crippen molar-refractivity contribution in [3.05, 3.63) is 76.7 Å². The predicted molar refractivity (Wildman–Crippen MR) is 124 cm³/mol. The molecule has 0 fully saturated rings. The van der Waals surface area contributed by atoms with Crippen molar-refractivity contribution in [2.75, 3.05) is 0 Å². The second kappa shape index (κ2) is 9.16. The van der Waals surface area contributed by atoms with E-state index in [9.17, 15) is 9.59 Å². The van der Waals surface area contributed by atoms with Gasteiger partial charge < -0.3 is 9.88 Å². The van der Waals surface area contributed by atoms with Gasteiger partial charge in [0.15, 0.2) is 0 Å². The fourth-order valence-corrected chi connectivity index (χ4v) is 4.12. The summed E-state index contributed by atoms with van der Waals surface area (Å²) in [5, 5.41) is 9.15. The van der Waals surface area contributed by atoms with Crippen LogP contribution < -0.4 is 10.9 Å². The van der Waals surface area contributed by atoms with Gasteiger partial charge in [-0.25, -0.2) is 4.68 Å². The Labute approximate surface area is 181 Å². The lowest BCUT2D eigenvalue weighted by atomic mass is 10.1. The molecule has 0 aliphatic rings. The molecule has 1 N–H and O–H groups in total. The molecule has 31 heavy (non-hydrogen) atoms. The number of amides is 1. The van der Waals surface area contributed by atoms with Gasteiger partial charge in [0.2, 0.25) is 5.91 Å². The molecule has 1 amide bonds. The maximum atomic E-state index is 13.2. The van der Waals surface area contributed by atoms with Crippen LogP contribution in [0.4, 0.5) is 0 Å². The Hall–Kier alpha value is -3.41. The molecule has 0 aliphatic heterocycles. The van der Waals surface area contributed by atoms with Gasteiger partial charge in [-0.3, -0.25) is 9.59 Å². The molecule has 6 nitrogen and oxygen atoms in total. The Bertz CT molecular complexity index is 1260. The summed E-state index contributed by atoms with van der Waals surface area (Å²) in [7, 11) is 0. The van der Waals surface area contributed by atoms with E-state index in [1.807, 2.05) is 54.0 Å². The number of rotatable bonds is 8. The normalized spacial score (nSPS) is 12.3. The largest absolute Gasteiger partial charge is 0.352 e. The van der Waals surface area contributed by atoms with Gasteiger partial charge in [-0.15, -0.1) is 0 Å². The summed E-state index contributed by atoms with van der Waals surface area (Å²) in [5.74, 6) is -0.201. The minimum Gasteiger partial charge on any atom is -0.352 e. The van der Waals surface area contributed by atoms with E-state index in [4.69, 9.17) is 0 Å². The van der Waals surface area contributed by atoms with Crippen molar-refractivity contribution in [2.24, 2.45) is 0 Å². The van der Waals surface area contributed by atoms with Gasteiger partial charge in [0.25, 0.3) is 5.56 Å². The third-order valence-corrected chi connectivity index (χ3v) is 5.63. The number of para-hydroxylation sites is 1.